The van der Waals surface area contributed by atoms with E-state index in [2.05, 4.69) is 27.1 Å². The van der Waals surface area contributed by atoms with E-state index in [-0.39, 0.29) is 34.2 Å². The summed E-state index contributed by atoms with van der Waals surface area (Å²) in [7, 11) is -1.15. The van der Waals surface area contributed by atoms with Crippen molar-refractivity contribution < 1.29 is 31.5 Å². The molecule has 10 nitrogen and oxygen atoms in total. The Morgan fingerprint density at radius 2 is 1.61 bits per heavy atom. The van der Waals surface area contributed by atoms with E-state index in [4.69, 9.17) is 9.47 Å². The van der Waals surface area contributed by atoms with E-state index < -0.39 is 33.1 Å². The van der Waals surface area contributed by atoms with Gasteiger partial charge in [0.1, 0.15) is 5.75 Å². The third kappa shape index (κ3) is 5.28. The van der Waals surface area contributed by atoms with E-state index in [0.717, 1.165) is 44.0 Å². The second-order valence-corrected chi connectivity index (χ2v) is 12.8. The fraction of sp³-hybridized carbons (Fsp3) is 0.273. The summed E-state index contributed by atoms with van der Waals surface area (Å²) >= 11 is 0. The summed E-state index contributed by atoms with van der Waals surface area (Å²) in [6, 6.07) is 17.4. The molecule has 2 aliphatic heterocycles. The zero-order valence-corrected chi connectivity index (χ0v) is 26.4. The summed E-state index contributed by atoms with van der Waals surface area (Å²) in [4.78, 5) is 23.4. The topological polar surface area (TPSA) is 104 Å². The molecule has 1 fully saturated rings. The number of nitrogens with zero attached hydrogens (tertiary/aromatic N) is 4. The van der Waals surface area contributed by atoms with Gasteiger partial charge in [-0.1, -0.05) is 0 Å². The Morgan fingerprint density at radius 1 is 0.935 bits per heavy atom. The summed E-state index contributed by atoms with van der Waals surface area (Å²) in [5, 5.41) is 3.22. The zero-order chi connectivity index (χ0) is 32.6. The number of pyridine rings is 1. The van der Waals surface area contributed by atoms with Crippen LogP contribution < -0.4 is 24.0 Å². The number of halogens is 2. The normalized spacial score (nSPS) is 18.4. The first-order chi connectivity index (χ1) is 22.1. The first-order valence-corrected chi connectivity index (χ1v) is 16.2. The molecule has 4 aromatic rings. The van der Waals surface area contributed by atoms with Crippen LogP contribution in [0.2, 0.25) is 0 Å². The molecule has 240 valence electrons. The Kier molecular flexibility index (Phi) is 8.30. The van der Waals surface area contributed by atoms with Crippen LogP contribution in [0.1, 0.15) is 18.1 Å². The van der Waals surface area contributed by atoms with E-state index in [0.29, 0.717) is 15.7 Å². The van der Waals surface area contributed by atoms with E-state index in [1.165, 1.54) is 37.6 Å². The summed E-state index contributed by atoms with van der Waals surface area (Å²) in [6.45, 7) is 5.42. The first kappa shape index (κ1) is 31.2. The molecule has 3 aromatic carbocycles. The van der Waals surface area contributed by atoms with Gasteiger partial charge in [-0.3, -0.25) is 4.79 Å². The number of amides is 1. The van der Waals surface area contributed by atoms with Gasteiger partial charge < -0.3 is 24.6 Å². The van der Waals surface area contributed by atoms with Gasteiger partial charge in [0.15, 0.2) is 17.2 Å². The molecule has 1 atom stereocenters. The molecule has 1 unspecified atom stereocenters. The number of nitrogens with one attached hydrogen (secondary N) is 1. The van der Waals surface area contributed by atoms with Gasteiger partial charge in [0.05, 0.1) is 29.9 Å². The van der Waals surface area contributed by atoms with Crippen LogP contribution in [0.25, 0.3) is 0 Å². The van der Waals surface area contributed by atoms with Crippen LogP contribution in [0.3, 0.4) is 0 Å². The maximum absolute atomic E-state index is 15.1. The van der Waals surface area contributed by atoms with Crippen LogP contribution in [-0.2, 0) is 20.4 Å². The quantitative estimate of drug-likeness (QED) is 0.279. The average Bonchev–Trinajstić information content (AvgIpc) is 3.29. The average molecular weight is 650 g/mol. The highest BCUT2D eigenvalue weighted by Crippen LogP contribution is 2.51. The highest BCUT2D eigenvalue weighted by atomic mass is 32.2. The van der Waals surface area contributed by atoms with Gasteiger partial charge in [-0.2, -0.15) is 4.31 Å². The monoisotopic (exact) mass is 649 g/mol. The number of piperazine rings is 1. The Bertz CT molecular complexity index is 1870. The minimum atomic E-state index is -4.65. The Hall–Kier alpha value is -4.75. The molecule has 1 N–H and O–H groups in total. The number of fused-ring (bicyclic) bond motifs is 1. The van der Waals surface area contributed by atoms with Crippen LogP contribution in [-0.4, -0.2) is 71.2 Å². The van der Waals surface area contributed by atoms with Crippen molar-refractivity contribution in [3.05, 3.63) is 102 Å². The van der Waals surface area contributed by atoms with Gasteiger partial charge in [0, 0.05) is 55.4 Å². The molecule has 13 heteroatoms. The lowest BCUT2D eigenvalue weighted by Crippen LogP contribution is -2.49. The maximum Gasteiger partial charge on any atom is 0.276 e. The number of sulfonamides is 1. The lowest BCUT2D eigenvalue weighted by atomic mass is 9.83. The van der Waals surface area contributed by atoms with E-state index in [1.54, 1.807) is 31.2 Å². The molecule has 0 aliphatic carbocycles. The summed E-state index contributed by atoms with van der Waals surface area (Å²) in [5.74, 6) is -3.16. The number of hydrogen-bond donors (Lipinski definition) is 1. The van der Waals surface area contributed by atoms with Crippen LogP contribution in [0, 0.1) is 11.6 Å². The third-order valence-electron chi connectivity index (χ3n) is 8.29. The number of methoxy groups -OCH3 is 1. The molecule has 0 radical (unpaired) electrons. The van der Waals surface area contributed by atoms with Gasteiger partial charge in [0.25, 0.3) is 15.9 Å². The van der Waals surface area contributed by atoms with Gasteiger partial charge in [0.2, 0.25) is 5.88 Å². The molecule has 1 saturated heterocycles. The first-order valence-electron chi connectivity index (χ1n) is 14.7. The molecule has 0 spiro atoms. The number of carbonyl (C=O) groups is 1. The van der Waals surface area contributed by atoms with E-state index in [1.807, 2.05) is 12.1 Å². The zero-order valence-electron chi connectivity index (χ0n) is 25.5. The smallest absolute Gasteiger partial charge is 0.276 e. The van der Waals surface area contributed by atoms with Crippen molar-refractivity contribution in [2.75, 3.05) is 61.5 Å². The van der Waals surface area contributed by atoms with Gasteiger partial charge in [-0.15, -0.1) is 0 Å². The van der Waals surface area contributed by atoms with Gasteiger partial charge in [-0.25, -0.2) is 22.2 Å². The second-order valence-electron chi connectivity index (χ2n) is 11.0. The molecule has 1 amide bonds. The predicted octanol–water partition coefficient (Wildman–Crippen LogP) is 4.61. The fourth-order valence-electron chi connectivity index (χ4n) is 5.89. The van der Waals surface area contributed by atoms with Crippen molar-refractivity contribution in [2.45, 2.75) is 17.4 Å². The third-order valence-corrected chi connectivity index (χ3v) is 10.00. The highest BCUT2D eigenvalue weighted by molar-refractivity contribution is 7.93. The lowest BCUT2D eigenvalue weighted by Gasteiger charge is -2.34. The Labute approximate surface area is 266 Å². The number of aromatic nitrogens is 1. The lowest BCUT2D eigenvalue weighted by molar-refractivity contribution is -0.120. The summed E-state index contributed by atoms with van der Waals surface area (Å²) in [6.07, 6.45) is 1.46. The number of likely N-dealkylation sites (N-methyl/N-ethyl adjacent to an activating group) is 1. The maximum atomic E-state index is 15.1. The predicted molar refractivity (Wildman–Crippen MR) is 170 cm³/mol. The summed E-state index contributed by atoms with van der Waals surface area (Å²) < 4.78 is 69.9. The van der Waals surface area contributed by atoms with Crippen molar-refractivity contribution in [1.29, 1.82) is 0 Å². The second kappa shape index (κ2) is 12.2. The minimum absolute atomic E-state index is 0.0271. The van der Waals surface area contributed by atoms with Crippen molar-refractivity contribution in [2.24, 2.45) is 0 Å². The molecular formula is C33H33F2N5O5S. The molecule has 6 rings (SSSR count). The van der Waals surface area contributed by atoms with Crippen LogP contribution >= 0.6 is 0 Å². The molecule has 3 heterocycles. The number of ether oxygens (including phenoxy) is 2. The number of rotatable bonds is 9. The van der Waals surface area contributed by atoms with Crippen molar-refractivity contribution in [3.8, 4) is 11.6 Å². The van der Waals surface area contributed by atoms with E-state index >= 15 is 4.39 Å². The molecule has 0 saturated carbocycles. The molecule has 46 heavy (non-hydrogen) atoms. The number of benzene rings is 3. The fourth-order valence-corrected chi connectivity index (χ4v) is 7.34. The largest absolute Gasteiger partial charge is 0.497 e. The van der Waals surface area contributed by atoms with Crippen LogP contribution in [0.5, 0.6) is 11.6 Å². The molecule has 1 aromatic heterocycles. The van der Waals surface area contributed by atoms with Crippen LogP contribution in [0.15, 0.2) is 83.9 Å². The standard InChI is InChI=1S/C33H33F2N5O5S/c1-4-45-31-26(6-5-15-36-31)33(37-22-7-9-23(10-8-22)39-18-16-38(2)17-19-39)27-20-28(34)29(35)21-30(27)40(32(33)41)46(42,43)25-13-11-24(44-3)12-14-25/h5-15,20-21,37H,4,16-19H2,1-3H3. The molecule has 2 aliphatic rings. The van der Waals surface area contributed by atoms with Gasteiger partial charge >= 0.3 is 0 Å². The highest BCUT2D eigenvalue weighted by Gasteiger charge is 2.58. The van der Waals surface area contributed by atoms with E-state index in [9.17, 15) is 17.6 Å². The SMILES string of the molecule is CCOc1ncccc1C1(Nc2ccc(N3CCN(C)CC3)cc2)C(=O)N(S(=O)(=O)c2ccc(OC)cc2)c2cc(F)c(F)cc21. The van der Waals surface area contributed by atoms with Crippen molar-refractivity contribution in [3.63, 3.8) is 0 Å². The number of carbonyl (C=O) groups excluding carboxylic acids is 1. The minimum Gasteiger partial charge on any atom is -0.497 e. The van der Waals surface area contributed by atoms with Crippen molar-refractivity contribution >= 4 is 33.0 Å². The summed E-state index contributed by atoms with van der Waals surface area (Å²) in [5.41, 5.74) is -1.02. The molecular weight excluding hydrogens is 616 g/mol. The van der Waals surface area contributed by atoms with Crippen molar-refractivity contribution in [1.82, 2.24) is 9.88 Å². The Balaban J connectivity index is 1.53. The number of hydrogen-bond acceptors (Lipinski definition) is 9. The van der Waals surface area contributed by atoms with Gasteiger partial charge in [-0.05, 0) is 80.7 Å². The molecule has 0 bridgehead atoms. The van der Waals surface area contributed by atoms with Crippen LogP contribution in [0.4, 0.5) is 25.8 Å². The number of anilines is 3. The Morgan fingerprint density at radius 3 is 2.26 bits per heavy atom.